The molecule has 0 aromatic heterocycles. The summed E-state index contributed by atoms with van der Waals surface area (Å²) in [7, 11) is -3.82. The van der Waals surface area contributed by atoms with Crippen LogP contribution in [0.5, 0.6) is 0 Å². The lowest BCUT2D eigenvalue weighted by Crippen LogP contribution is -2.54. The zero-order valence-electron chi connectivity index (χ0n) is 29.0. The fourth-order valence-electron chi connectivity index (χ4n) is 9.99. The molecule has 260 valence electrons. The molecule has 0 aliphatic heterocycles. The van der Waals surface area contributed by atoms with Gasteiger partial charge in [-0.1, -0.05) is 85.1 Å². The molecule has 5 saturated carbocycles. The number of anilines is 1. The molecule has 8 heteroatoms. The number of carbonyl (C=O) groups excluding carboxylic acids is 2. The number of benzene rings is 3. The summed E-state index contributed by atoms with van der Waals surface area (Å²) in [5.41, 5.74) is 4.87. The number of hydrogen-bond donors (Lipinski definition) is 1. The fraction of sp³-hybridized carbons (Fsp3) is 0.512. The Balaban J connectivity index is 1.19. The molecule has 5 aliphatic carbocycles. The molecule has 8 rings (SSSR count). The molecule has 1 N–H and O–H groups in total. The van der Waals surface area contributed by atoms with Crippen molar-refractivity contribution in [3.63, 3.8) is 0 Å². The van der Waals surface area contributed by atoms with Gasteiger partial charge in [0, 0.05) is 19.0 Å². The topological polar surface area (TPSA) is 86.8 Å². The summed E-state index contributed by atoms with van der Waals surface area (Å²) in [5, 5.41) is 3.24. The van der Waals surface area contributed by atoms with E-state index in [1.807, 2.05) is 73.7 Å². The largest absolute Gasteiger partial charge is 0.352 e. The maximum absolute atomic E-state index is 14.6. The van der Waals surface area contributed by atoms with Crippen LogP contribution >= 0.6 is 0 Å². The molecule has 0 spiro atoms. The van der Waals surface area contributed by atoms with E-state index in [9.17, 15) is 18.0 Å². The summed E-state index contributed by atoms with van der Waals surface area (Å²) >= 11 is 0. The summed E-state index contributed by atoms with van der Waals surface area (Å²) in [6.45, 7) is 1.81. The summed E-state index contributed by atoms with van der Waals surface area (Å²) < 4.78 is 28.0. The fourth-order valence-corrected chi connectivity index (χ4v) is 10.8. The summed E-state index contributed by atoms with van der Waals surface area (Å²) in [5.74, 6) is 1.84. The monoisotopic (exact) mass is 681 g/mol. The predicted molar refractivity (Wildman–Crippen MR) is 195 cm³/mol. The van der Waals surface area contributed by atoms with Gasteiger partial charge >= 0.3 is 0 Å². The minimum absolute atomic E-state index is 0.0849. The van der Waals surface area contributed by atoms with E-state index in [2.05, 4.69) is 17.4 Å². The van der Waals surface area contributed by atoms with E-state index in [-0.39, 0.29) is 30.5 Å². The molecule has 49 heavy (non-hydrogen) atoms. The predicted octanol–water partition coefficient (Wildman–Crippen LogP) is 6.93. The Hall–Kier alpha value is -3.65. The van der Waals surface area contributed by atoms with Crippen LogP contribution in [0.25, 0.3) is 0 Å². The minimum atomic E-state index is -3.82. The van der Waals surface area contributed by atoms with Crippen LogP contribution in [0.15, 0.2) is 78.9 Å². The lowest BCUT2D eigenvalue weighted by atomic mass is 9.48. The molecule has 7 nitrogen and oxygen atoms in total. The summed E-state index contributed by atoms with van der Waals surface area (Å²) in [6, 6.07) is 25.0. The number of rotatable bonds is 12. The second kappa shape index (κ2) is 13.9. The highest BCUT2D eigenvalue weighted by Crippen LogP contribution is 2.60. The Bertz CT molecular complexity index is 1720. The van der Waals surface area contributed by atoms with Gasteiger partial charge in [0.2, 0.25) is 21.8 Å². The van der Waals surface area contributed by atoms with Gasteiger partial charge in [-0.15, -0.1) is 0 Å². The third-order valence-corrected chi connectivity index (χ3v) is 13.0. The van der Waals surface area contributed by atoms with Crippen molar-refractivity contribution < 1.29 is 18.0 Å². The van der Waals surface area contributed by atoms with Crippen molar-refractivity contribution in [3.05, 3.63) is 101 Å². The Morgan fingerprint density at radius 3 is 2.04 bits per heavy atom. The van der Waals surface area contributed by atoms with Crippen LogP contribution in [0.3, 0.4) is 0 Å². The van der Waals surface area contributed by atoms with Crippen molar-refractivity contribution in [2.24, 2.45) is 17.8 Å². The number of aryl methyl sites for hydroxylation is 1. The second-order valence-corrected chi connectivity index (χ2v) is 17.6. The Morgan fingerprint density at radius 2 is 1.45 bits per heavy atom. The lowest BCUT2D eigenvalue weighted by molar-refractivity contribution is -0.140. The highest BCUT2D eigenvalue weighted by atomic mass is 32.2. The number of nitrogens with one attached hydrogen (secondary N) is 1. The van der Waals surface area contributed by atoms with Gasteiger partial charge in [0.15, 0.2) is 0 Å². The summed E-state index contributed by atoms with van der Waals surface area (Å²) in [4.78, 5) is 30.3. The van der Waals surface area contributed by atoms with Gasteiger partial charge in [-0.2, -0.15) is 0 Å². The number of amides is 2. The van der Waals surface area contributed by atoms with Crippen LogP contribution in [-0.2, 0) is 38.0 Å². The van der Waals surface area contributed by atoms with Gasteiger partial charge in [-0.25, -0.2) is 8.42 Å². The first-order chi connectivity index (χ1) is 23.5. The van der Waals surface area contributed by atoms with Crippen LogP contribution in [0, 0.1) is 24.7 Å². The number of nitrogens with zero attached hydrogens (tertiary/aromatic N) is 2. The van der Waals surface area contributed by atoms with Crippen LogP contribution in [0.2, 0.25) is 0 Å². The lowest BCUT2D eigenvalue weighted by Gasteiger charge is -2.57. The van der Waals surface area contributed by atoms with E-state index in [1.165, 1.54) is 48.4 Å². The van der Waals surface area contributed by atoms with Crippen LogP contribution < -0.4 is 9.62 Å². The van der Waals surface area contributed by atoms with Crippen molar-refractivity contribution >= 4 is 27.5 Å². The quantitative estimate of drug-likeness (QED) is 0.225. The third-order valence-electron chi connectivity index (χ3n) is 11.9. The van der Waals surface area contributed by atoms with Crippen LogP contribution in [0.4, 0.5) is 5.69 Å². The Kier molecular flexibility index (Phi) is 9.62. The smallest absolute Gasteiger partial charge is 0.244 e. The van der Waals surface area contributed by atoms with Crippen molar-refractivity contribution in [1.29, 1.82) is 0 Å². The Labute approximate surface area is 292 Å². The zero-order valence-corrected chi connectivity index (χ0v) is 29.8. The van der Waals surface area contributed by atoms with E-state index in [4.69, 9.17) is 0 Å². The van der Waals surface area contributed by atoms with Gasteiger partial charge in [0.05, 0.1) is 11.9 Å². The zero-order chi connectivity index (χ0) is 34.2. The van der Waals surface area contributed by atoms with Gasteiger partial charge < -0.3 is 10.2 Å². The first kappa shape index (κ1) is 33.8. The van der Waals surface area contributed by atoms with Crippen molar-refractivity contribution in [2.45, 2.75) is 102 Å². The second-order valence-electron chi connectivity index (χ2n) is 15.7. The number of hydrogen-bond acceptors (Lipinski definition) is 4. The van der Waals surface area contributed by atoms with Gasteiger partial charge in [0.1, 0.15) is 12.6 Å². The highest BCUT2D eigenvalue weighted by molar-refractivity contribution is 7.92. The molecule has 1 atom stereocenters. The average molecular weight is 682 g/mol. The normalized spacial score (nSPS) is 25.2. The van der Waals surface area contributed by atoms with Crippen molar-refractivity contribution in [1.82, 2.24) is 10.2 Å². The Morgan fingerprint density at radius 1 is 0.837 bits per heavy atom. The first-order valence-electron chi connectivity index (χ1n) is 18.3. The maximum Gasteiger partial charge on any atom is 0.244 e. The number of carbonyl (C=O) groups is 2. The average Bonchev–Trinajstić information content (AvgIpc) is 3.58. The molecule has 3 aromatic carbocycles. The van der Waals surface area contributed by atoms with E-state index in [0.717, 1.165) is 66.4 Å². The van der Waals surface area contributed by atoms with E-state index in [1.54, 1.807) is 4.90 Å². The number of sulfonamides is 1. The maximum atomic E-state index is 14.6. The molecular weight excluding hydrogens is 631 g/mol. The van der Waals surface area contributed by atoms with E-state index in [0.29, 0.717) is 12.1 Å². The molecule has 0 radical (unpaired) electrons. The third kappa shape index (κ3) is 7.59. The highest BCUT2D eigenvalue weighted by Gasteiger charge is 2.51. The molecular formula is C41H51N3O4S. The minimum Gasteiger partial charge on any atom is -0.352 e. The standard InChI is InChI=1S/C41H51N3O4S/c1-29-9-8-12-31(19-29)27-43(38(23-30-10-4-3-5-11-30)40(46)42-36-13-6-7-14-36)39(45)28-44(49(2,47)48)37-17-15-35(16-18-37)41-24-32-20-33(25-41)22-34(21-32)26-41/h3-5,8-12,15-19,32-34,36,38H,6-7,13-14,20-28H2,1-2H3,(H,42,46)/t32?,33?,34?,38-,41?/m0/s1. The molecule has 0 unspecified atom stereocenters. The molecule has 2 amide bonds. The van der Waals surface area contributed by atoms with Crippen LogP contribution in [-0.4, -0.2) is 50.0 Å². The molecule has 0 heterocycles. The summed E-state index contributed by atoms with van der Waals surface area (Å²) in [6.07, 6.45) is 13.3. The molecule has 3 aromatic rings. The van der Waals surface area contributed by atoms with Crippen molar-refractivity contribution in [2.75, 3.05) is 17.1 Å². The van der Waals surface area contributed by atoms with Gasteiger partial charge in [0.25, 0.3) is 0 Å². The van der Waals surface area contributed by atoms with Gasteiger partial charge in [-0.05, 0) is 110 Å². The van der Waals surface area contributed by atoms with Gasteiger partial charge in [-0.3, -0.25) is 13.9 Å². The molecule has 5 aliphatic rings. The SMILES string of the molecule is Cc1cccc(CN(C(=O)CN(c2ccc(C34CC5CC(CC(C5)C3)C4)cc2)S(C)(=O)=O)[C@@H](Cc2ccccc2)C(=O)NC2CCCC2)c1. The first-order valence-corrected chi connectivity index (χ1v) is 20.2. The van der Waals surface area contributed by atoms with Crippen molar-refractivity contribution in [3.8, 4) is 0 Å². The van der Waals surface area contributed by atoms with E-state index < -0.39 is 22.0 Å². The molecule has 5 fully saturated rings. The molecule has 4 bridgehead atoms. The molecule has 0 saturated heterocycles. The van der Waals surface area contributed by atoms with E-state index >= 15 is 0 Å². The van der Waals surface area contributed by atoms with Crippen LogP contribution in [0.1, 0.15) is 86.5 Å².